The number of nitrogens with zero attached hydrogens (tertiary/aromatic N) is 1. The molecule has 0 radical (unpaired) electrons. The number of benzene rings is 1. The summed E-state index contributed by atoms with van der Waals surface area (Å²) in [5.74, 6) is 0.293. The van der Waals surface area contributed by atoms with E-state index in [0.717, 1.165) is 0 Å². The fourth-order valence-corrected chi connectivity index (χ4v) is 1.24. The second kappa shape index (κ2) is 5.39. The summed E-state index contributed by atoms with van der Waals surface area (Å²) in [6.45, 7) is 0. The highest BCUT2D eigenvalue weighted by Crippen LogP contribution is 2.29. The number of nitrogens with one attached hydrogen (secondary N) is 1. The van der Waals surface area contributed by atoms with E-state index in [-0.39, 0.29) is 16.5 Å². The fourth-order valence-electron chi connectivity index (χ4n) is 1.24. The molecule has 0 bridgehead atoms. The molecule has 0 fully saturated rings. The molecule has 0 aliphatic carbocycles. The number of quaternary nitrogens is 1. The van der Waals surface area contributed by atoms with E-state index in [0.29, 0.717) is 5.75 Å². The van der Waals surface area contributed by atoms with Crippen LogP contribution in [0.4, 0.5) is 5.69 Å². The zero-order valence-corrected chi connectivity index (χ0v) is 9.60. The molecule has 0 aliphatic heterocycles. The topological polar surface area (TPSA) is 60.2 Å². The van der Waals surface area contributed by atoms with Crippen LogP contribution in [-0.4, -0.2) is 31.2 Å². The standard InChI is InChI=1S/C11H16N2O3/c1-12(2)7-8-13(15)11-9(14)5-4-6-10(11)16-3/h4-8,13-14H,1-3H3/b8-7+. The van der Waals surface area contributed by atoms with Crippen molar-refractivity contribution in [1.82, 2.24) is 4.90 Å². The molecule has 0 amide bonds. The van der Waals surface area contributed by atoms with E-state index in [4.69, 9.17) is 4.74 Å². The molecular weight excluding hydrogens is 208 g/mol. The van der Waals surface area contributed by atoms with Crippen LogP contribution in [0.3, 0.4) is 0 Å². The average molecular weight is 224 g/mol. The van der Waals surface area contributed by atoms with Crippen molar-refractivity contribution in [1.29, 1.82) is 0 Å². The number of hydrogen-bond donors (Lipinski definition) is 2. The van der Waals surface area contributed by atoms with E-state index in [1.807, 2.05) is 14.1 Å². The maximum atomic E-state index is 11.8. The van der Waals surface area contributed by atoms with Crippen LogP contribution < -0.4 is 9.80 Å². The minimum absolute atomic E-state index is 0.0762. The summed E-state index contributed by atoms with van der Waals surface area (Å²) in [6, 6.07) is 4.72. The van der Waals surface area contributed by atoms with Crippen LogP contribution in [0.5, 0.6) is 11.5 Å². The van der Waals surface area contributed by atoms with Crippen molar-refractivity contribution in [3.8, 4) is 11.5 Å². The van der Waals surface area contributed by atoms with Gasteiger partial charge in [0.2, 0.25) is 5.69 Å². The lowest BCUT2D eigenvalue weighted by Crippen LogP contribution is -2.96. The van der Waals surface area contributed by atoms with Gasteiger partial charge >= 0.3 is 0 Å². The number of phenols is 1. The van der Waals surface area contributed by atoms with Gasteiger partial charge in [-0.1, -0.05) is 6.07 Å². The number of hydroxylamine groups is 1. The average Bonchev–Trinajstić information content (AvgIpc) is 2.25. The van der Waals surface area contributed by atoms with Crippen LogP contribution >= 0.6 is 0 Å². The SMILES string of the molecule is COc1cccc(O)c1[NH+]([O-])/C=C/N(C)C. The third-order valence-electron chi connectivity index (χ3n) is 1.99. The van der Waals surface area contributed by atoms with Gasteiger partial charge in [-0.2, -0.15) is 0 Å². The molecule has 0 spiro atoms. The molecule has 1 atom stereocenters. The Hall–Kier alpha value is -1.72. The normalized spacial score (nSPS) is 12.8. The van der Waals surface area contributed by atoms with Crippen LogP contribution in [0.15, 0.2) is 30.6 Å². The molecule has 5 nitrogen and oxygen atoms in total. The first-order valence-corrected chi connectivity index (χ1v) is 4.81. The van der Waals surface area contributed by atoms with Crippen LogP contribution in [0, 0.1) is 5.21 Å². The lowest BCUT2D eigenvalue weighted by atomic mass is 10.2. The number of aromatic hydroxyl groups is 1. The first-order chi connectivity index (χ1) is 7.56. The van der Waals surface area contributed by atoms with Gasteiger partial charge < -0.3 is 25.0 Å². The molecule has 0 heterocycles. The van der Waals surface area contributed by atoms with Gasteiger partial charge in [-0.15, -0.1) is 0 Å². The Kier molecular flexibility index (Phi) is 4.16. The van der Waals surface area contributed by atoms with Crippen molar-refractivity contribution in [2.45, 2.75) is 0 Å². The fraction of sp³-hybridized carbons (Fsp3) is 0.273. The second-order valence-electron chi connectivity index (χ2n) is 3.50. The van der Waals surface area contributed by atoms with Crippen molar-refractivity contribution in [2.24, 2.45) is 0 Å². The molecule has 1 aromatic rings. The van der Waals surface area contributed by atoms with Crippen molar-refractivity contribution < 1.29 is 14.9 Å². The van der Waals surface area contributed by atoms with E-state index < -0.39 is 0 Å². The smallest absolute Gasteiger partial charge is 0.220 e. The van der Waals surface area contributed by atoms with Gasteiger partial charge in [-0.25, -0.2) is 0 Å². The predicted molar refractivity (Wildman–Crippen MR) is 61.5 cm³/mol. The molecular formula is C11H16N2O3. The highest BCUT2D eigenvalue weighted by atomic mass is 16.5. The zero-order chi connectivity index (χ0) is 12.1. The number of phenolic OH excluding ortho intramolecular Hbond substituents is 1. The molecule has 0 aliphatic rings. The van der Waals surface area contributed by atoms with Crippen LogP contribution in [0.1, 0.15) is 0 Å². The van der Waals surface area contributed by atoms with E-state index in [2.05, 4.69) is 0 Å². The lowest BCUT2D eigenvalue weighted by molar-refractivity contribution is -0.715. The minimum Gasteiger partial charge on any atom is -0.624 e. The van der Waals surface area contributed by atoms with E-state index in [1.54, 1.807) is 23.2 Å². The molecule has 5 heteroatoms. The third kappa shape index (κ3) is 2.88. The summed E-state index contributed by atoms with van der Waals surface area (Å²) in [7, 11) is 5.08. The number of rotatable bonds is 4. The van der Waals surface area contributed by atoms with Gasteiger partial charge in [0.05, 0.1) is 13.3 Å². The summed E-state index contributed by atoms with van der Waals surface area (Å²) in [5, 5.41) is 21.1. The predicted octanol–water partition coefficient (Wildman–Crippen LogP) is 0.448. The Morgan fingerprint density at radius 1 is 1.44 bits per heavy atom. The van der Waals surface area contributed by atoms with Crippen molar-refractivity contribution >= 4 is 5.69 Å². The Balaban J connectivity index is 3.02. The molecule has 88 valence electrons. The highest BCUT2D eigenvalue weighted by Gasteiger charge is 2.14. The molecule has 1 aromatic carbocycles. The van der Waals surface area contributed by atoms with Gasteiger partial charge in [0.25, 0.3) is 0 Å². The van der Waals surface area contributed by atoms with E-state index >= 15 is 0 Å². The summed E-state index contributed by atoms with van der Waals surface area (Å²) in [5.41, 5.74) is 0.183. The number of methoxy groups -OCH3 is 1. The first kappa shape index (κ1) is 12.4. The summed E-state index contributed by atoms with van der Waals surface area (Å²) in [4.78, 5) is 1.74. The molecule has 1 rings (SSSR count). The number of ether oxygens (including phenoxy) is 1. The summed E-state index contributed by atoms with van der Waals surface area (Å²) in [6.07, 6.45) is 3.01. The van der Waals surface area contributed by atoms with Gasteiger partial charge in [0.1, 0.15) is 6.20 Å². The Bertz CT molecular complexity index is 377. The first-order valence-electron chi connectivity index (χ1n) is 4.81. The lowest BCUT2D eigenvalue weighted by Gasteiger charge is -2.20. The zero-order valence-electron chi connectivity index (χ0n) is 9.60. The Labute approximate surface area is 94.7 Å². The van der Waals surface area contributed by atoms with Crippen LogP contribution in [-0.2, 0) is 0 Å². The van der Waals surface area contributed by atoms with E-state index in [9.17, 15) is 10.3 Å². The molecule has 0 aromatic heterocycles. The van der Waals surface area contributed by atoms with Crippen molar-refractivity contribution in [2.75, 3.05) is 21.2 Å². The van der Waals surface area contributed by atoms with Crippen molar-refractivity contribution in [3.63, 3.8) is 0 Å². The van der Waals surface area contributed by atoms with Crippen molar-refractivity contribution in [3.05, 3.63) is 35.8 Å². The van der Waals surface area contributed by atoms with Gasteiger partial charge in [0.15, 0.2) is 11.5 Å². The van der Waals surface area contributed by atoms with Crippen LogP contribution in [0.25, 0.3) is 0 Å². The summed E-state index contributed by atoms with van der Waals surface area (Å²) >= 11 is 0. The highest BCUT2D eigenvalue weighted by molar-refractivity contribution is 5.56. The molecule has 0 saturated heterocycles. The maximum absolute atomic E-state index is 11.8. The minimum atomic E-state index is -0.288. The second-order valence-corrected chi connectivity index (χ2v) is 3.50. The monoisotopic (exact) mass is 224 g/mol. The van der Waals surface area contributed by atoms with E-state index in [1.165, 1.54) is 19.4 Å². The Morgan fingerprint density at radius 3 is 2.69 bits per heavy atom. The van der Waals surface area contributed by atoms with Gasteiger partial charge in [0, 0.05) is 14.1 Å². The number of para-hydroxylation sites is 1. The molecule has 0 saturated carbocycles. The van der Waals surface area contributed by atoms with Crippen LogP contribution in [0.2, 0.25) is 0 Å². The molecule has 2 N–H and O–H groups in total. The number of hydrogen-bond acceptors (Lipinski definition) is 4. The maximum Gasteiger partial charge on any atom is 0.220 e. The molecule has 16 heavy (non-hydrogen) atoms. The Morgan fingerprint density at radius 2 is 2.12 bits per heavy atom. The van der Waals surface area contributed by atoms with Gasteiger partial charge in [-0.3, -0.25) is 0 Å². The largest absolute Gasteiger partial charge is 0.624 e. The molecule has 1 unspecified atom stereocenters. The quantitative estimate of drug-likeness (QED) is 0.576. The summed E-state index contributed by atoms with van der Waals surface area (Å²) < 4.78 is 5.03. The van der Waals surface area contributed by atoms with Gasteiger partial charge in [-0.05, 0) is 12.1 Å². The third-order valence-corrected chi connectivity index (χ3v) is 1.99.